The number of halogens is 2. The van der Waals surface area contributed by atoms with Crippen LogP contribution in [0.2, 0.25) is 0 Å². The Kier molecular flexibility index (Phi) is 5.36. The zero-order valence-corrected chi connectivity index (χ0v) is 11.9. The van der Waals surface area contributed by atoms with E-state index in [1.165, 1.54) is 32.1 Å². The van der Waals surface area contributed by atoms with Crippen molar-refractivity contribution in [3.63, 3.8) is 0 Å². The highest BCUT2D eigenvalue weighted by atomic mass is 19.3. The third-order valence-electron chi connectivity index (χ3n) is 3.61. The van der Waals surface area contributed by atoms with Crippen molar-refractivity contribution in [2.45, 2.75) is 38.7 Å². The van der Waals surface area contributed by atoms with Crippen LogP contribution in [0.25, 0.3) is 0 Å². The monoisotopic (exact) mass is 299 g/mol. The molecular formula is C15H19F2NO3. The highest BCUT2D eigenvalue weighted by molar-refractivity contribution is 5.91. The first-order valence-corrected chi connectivity index (χ1v) is 7.01. The lowest BCUT2D eigenvalue weighted by Gasteiger charge is -2.13. The second-order valence-corrected chi connectivity index (χ2v) is 5.15. The van der Waals surface area contributed by atoms with Gasteiger partial charge < -0.3 is 14.8 Å². The van der Waals surface area contributed by atoms with Gasteiger partial charge >= 0.3 is 6.61 Å². The summed E-state index contributed by atoms with van der Waals surface area (Å²) in [5.74, 6) is 0.436. The van der Waals surface area contributed by atoms with E-state index in [2.05, 4.69) is 10.1 Å². The zero-order chi connectivity index (χ0) is 15.2. The Morgan fingerprint density at radius 3 is 2.67 bits per heavy atom. The molecule has 0 spiro atoms. The third kappa shape index (κ3) is 4.58. The van der Waals surface area contributed by atoms with Gasteiger partial charge in [0.05, 0.1) is 7.11 Å². The lowest BCUT2D eigenvalue weighted by molar-refractivity contribution is -0.117. The summed E-state index contributed by atoms with van der Waals surface area (Å²) in [6.45, 7) is -2.94. The summed E-state index contributed by atoms with van der Waals surface area (Å²) < 4.78 is 34.0. The maximum Gasteiger partial charge on any atom is 0.387 e. The molecule has 1 aromatic carbocycles. The number of carbonyl (C=O) groups excluding carboxylic acids is 1. The number of ether oxygens (including phenoxy) is 2. The largest absolute Gasteiger partial charge is 0.493 e. The fourth-order valence-corrected chi connectivity index (χ4v) is 2.63. The number of nitrogens with one attached hydrogen (secondary N) is 1. The Balaban J connectivity index is 2.00. The van der Waals surface area contributed by atoms with Gasteiger partial charge in [0.2, 0.25) is 5.91 Å². The van der Waals surface area contributed by atoms with Crippen LogP contribution < -0.4 is 14.8 Å². The maximum absolute atomic E-state index is 12.3. The van der Waals surface area contributed by atoms with E-state index in [0.717, 1.165) is 12.8 Å². The summed E-state index contributed by atoms with van der Waals surface area (Å²) in [7, 11) is 1.37. The molecule has 4 nitrogen and oxygen atoms in total. The first-order chi connectivity index (χ1) is 10.1. The Morgan fingerprint density at radius 1 is 1.33 bits per heavy atom. The molecule has 1 N–H and O–H groups in total. The van der Waals surface area contributed by atoms with E-state index in [4.69, 9.17) is 4.74 Å². The van der Waals surface area contributed by atoms with Gasteiger partial charge in [-0.25, -0.2) is 0 Å². The molecule has 0 heterocycles. The van der Waals surface area contributed by atoms with Gasteiger partial charge in [0.1, 0.15) is 0 Å². The van der Waals surface area contributed by atoms with Crippen LogP contribution >= 0.6 is 0 Å². The predicted molar refractivity (Wildman–Crippen MR) is 74.8 cm³/mol. The quantitative estimate of drug-likeness (QED) is 0.868. The minimum absolute atomic E-state index is 0.0915. The van der Waals surface area contributed by atoms with Gasteiger partial charge in [-0.15, -0.1) is 0 Å². The number of methoxy groups -OCH3 is 1. The molecule has 0 radical (unpaired) electrons. The van der Waals surface area contributed by atoms with Crippen LogP contribution in [0.3, 0.4) is 0 Å². The van der Waals surface area contributed by atoms with Crippen LogP contribution in [0, 0.1) is 5.92 Å². The van der Waals surface area contributed by atoms with Crippen molar-refractivity contribution in [2.75, 3.05) is 12.4 Å². The molecule has 2 rings (SSSR count). The van der Waals surface area contributed by atoms with Crippen LogP contribution in [-0.2, 0) is 4.79 Å². The van der Waals surface area contributed by atoms with Gasteiger partial charge in [-0.2, -0.15) is 8.78 Å². The number of rotatable bonds is 6. The number of hydrogen-bond donors (Lipinski definition) is 1. The summed E-state index contributed by atoms with van der Waals surface area (Å²) >= 11 is 0. The average molecular weight is 299 g/mol. The zero-order valence-electron chi connectivity index (χ0n) is 11.9. The Bertz CT molecular complexity index is 488. The fraction of sp³-hybridized carbons (Fsp3) is 0.533. The summed E-state index contributed by atoms with van der Waals surface area (Å²) in [5, 5.41) is 2.71. The van der Waals surface area contributed by atoms with Crippen molar-refractivity contribution in [1.29, 1.82) is 0 Å². The molecule has 1 saturated carbocycles. The van der Waals surface area contributed by atoms with Gasteiger partial charge in [0.15, 0.2) is 11.5 Å². The number of hydrogen-bond acceptors (Lipinski definition) is 3. The number of amides is 1. The van der Waals surface area contributed by atoms with Gasteiger partial charge in [-0.3, -0.25) is 4.79 Å². The molecule has 0 bridgehead atoms. The highest BCUT2D eigenvalue weighted by Gasteiger charge is 2.19. The topological polar surface area (TPSA) is 47.6 Å². The van der Waals surface area contributed by atoms with Crippen LogP contribution in [0.1, 0.15) is 32.1 Å². The molecule has 1 aliphatic carbocycles. The van der Waals surface area contributed by atoms with Crippen LogP contribution in [0.4, 0.5) is 14.5 Å². The van der Waals surface area contributed by atoms with Crippen molar-refractivity contribution in [3.05, 3.63) is 18.2 Å². The standard InChI is InChI=1S/C15H19F2NO3/c1-20-12-7-6-11(9-13(12)21-15(16)17)18-14(19)8-10-4-2-3-5-10/h6-7,9-10,15H,2-5,8H2,1H3,(H,18,19). The molecule has 1 aliphatic rings. The molecule has 0 aliphatic heterocycles. The van der Waals surface area contributed by atoms with E-state index >= 15 is 0 Å². The van der Waals surface area contributed by atoms with Crippen LogP contribution in [0.5, 0.6) is 11.5 Å². The molecule has 0 aromatic heterocycles. The molecule has 0 unspecified atom stereocenters. The molecule has 1 fully saturated rings. The summed E-state index contributed by atoms with van der Waals surface area (Å²) in [6, 6.07) is 4.43. The van der Waals surface area contributed by atoms with E-state index < -0.39 is 6.61 Å². The van der Waals surface area contributed by atoms with Gasteiger partial charge in [-0.05, 0) is 30.9 Å². The van der Waals surface area contributed by atoms with E-state index in [-0.39, 0.29) is 17.4 Å². The number of benzene rings is 1. The molecular weight excluding hydrogens is 280 g/mol. The SMILES string of the molecule is COc1ccc(NC(=O)CC2CCCC2)cc1OC(F)F. The summed E-state index contributed by atoms with van der Waals surface area (Å²) in [4.78, 5) is 11.9. The molecule has 0 saturated heterocycles. The molecule has 1 amide bonds. The van der Waals surface area contributed by atoms with Crippen LogP contribution in [0.15, 0.2) is 18.2 Å². The lowest BCUT2D eigenvalue weighted by atomic mass is 10.0. The second-order valence-electron chi connectivity index (χ2n) is 5.15. The van der Waals surface area contributed by atoms with Crippen LogP contribution in [-0.4, -0.2) is 19.6 Å². The first kappa shape index (κ1) is 15.5. The Labute approximate surface area is 122 Å². The molecule has 21 heavy (non-hydrogen) atoms. The molecule has 1 aromatic rings. The van der Waals surface area contributed by atoms with E-state index in [0.29, 0.717) is 18.0 Å². The minimum Gasteiger partial charge on any atom is -0.493 e. The summed E-state index contributed by atoms with van der Waals surface area (Å²) in [5.41, 5.74) is 0.425. The molecule has 6 heteroatoms. The molecule has 116 valence electrons. The fourth-order valence-electron chi connectivity index (χ4n) is 2.63. The summed E-state index contributed by atoms with van der Waals surface area (Å²) in [6.07, 6.45) is 4.97. The predicted octanol–water partition coefficient (Wildman–Crippen LogP) is 3.82. The van der Waals surface area contributed by atoms with Crippen molar-refractivity contribution in [3.8, 4) is 11.5 Å². The minimum atomic E-state index is -2.94. The number of carbonyl (C=O) groups is 1. The maximum atomic E-state index is 12.3. The van der Waals surface area contributed by atoms with Crippen molar-refractivity contribution in [1.82, 2.24) is 0 Å². The molecule has 0 atom stereocenters. The first-order valence-electron chi connectivity index (χ1n) is 7.01. The van der Waals surface area contributed by atoms with Gasteiger partial charge in [0, 0.05) is 18.2 Å². The van der Waals surface area contributed by atoms with Crippen molar-refractivity contribution < 1.29 is 23.0 Å². The third-order valence-corrected chi connectivity index (χ3v) is 3.61. The Morgan fingerprint density at radius 2 is 2.05 bits per heavy atom. The average Bonchev–Trinajstić information content (AvgIpc) is 2.91. The van der Waals surface area contributed by atoms with E-state index in [1.807, 2.05) is 0 Å². The highest BCUT2D eigenvalue weighted by Crippen LogP contribution is 2.32. The van der Waals surface area contributed by atoms with E-state index in [1.54, 1.807) is 6.07 Å². The number of alkyl halides is 2. The van der Waals surface area contributed by atoms with Crippen molar-refractivity contribution in [2.24, 2.45) is 5.92 Å². The normalized spacial score (nSPS) is 15.2. The van der Waals surface area contributed by atoms with E-state index in [9.17, 15) is 13.6 Å². The second kappa shape index (κ2) is 7.24. The van der Waals surface area contributed by atoms with Gasteiger partial charge in [0.25, 0.3) is 0 Å². The van der Waals surface area contributed by atoms with Crippen molar-refractivity contribution >= 4 is 11.6 Å². The number of anilines is 1. The lowest BCUT2D eigenvalue weighted by Crippen LogP contribution is -2.15. The Hall–Kier alpha value is -1.85. The van der Waals surface area contributed by atoms with Gasteiger partial charge in [-0.1, -0.05) is 12.8 Å². The smallest absolute Gasteiger partial charge is 0.387 e.